The molecule has 90 valence electrons. The van der Waals surface area contributed by atoms with E-state index in [1.54, 1.807) is 0 Å². The zero-order valence-corrected chi connectivity index (χ0v) is 10.6. The summed E-state index contributed by atoms with van der Waals surface area (Å²) in [5.41, 5.74) is 0. The van der Waals surface area contributed by atoms with Crippen LogP contribution < -0.4 is 5.32 Å². The summed E-state index contributed by atoms with van der Waals surface area (Å²) in [5, 5.41) is 3.29. The van der Waals surface area contributed by atoms with Gasteiger partial charge in [-0.3, -0.25) is 0 Å². The lowest BCUT2D eigenvalue weighted by atomic mass is 10.1. The van der Waals surface area contributed by atoms with Crippen LogP contribution in [0.1, 0.15) is 20.3 Å². The van der Waals surface area contributed by atoms with E-state index < -0.39 is 0 Å². The second kappa shape index (κ2) is 8.39. The van der Waals surface area contributed by atoms with Crippen LogP contribution in [-0.4, -0.2) is 44.1 Å². The minimum atomic E-state index is 0.00650. The molecule has 1 aliphatic heterocycles. The fraction of sp³-hybridized carbons (Fsp3) is 1.00. The van der Waals surface area contributed by atoms with E-state index in [2.05, 4.69) is 5.32 Å². The molecule has 1 saturated heterocycles. The first kappa shape index (κ1) is 13.3. The van der Waals surface area contributed by atoms with E-state index in [0.717, 1.165) is 31.3 Å². The molecule has 0 bridgehead atoms. The van der Waals surface area contributed by atoms with E-state index in [9.17, 15) is 0 Å². The monoisotopic (exact) mass is 233 g/mol. The lowest BCUT2D eigenvalue weighted by Gasteiger charge is -2.26. The van der Waals surface area contributed by atoms with Gasteiger partial charge in [-0.25, -0.2) is 0 Å². The van der Waals surface area contributed by atoms with E-state index in [-0.39, 0.29) is 6.29 Å². The summed E-state index contributed by atoms with van der Waals surface area (Å²) >= 11 is 2.02. The molecule has 0 amide bonds. The average Bonchev–Trinajstić information content (AvgIpc) is 2.15. The maximum atomic E-state index is 5.48. The summed E-state index contributed by atoms with van der Waals surface area (Å²) in [5.74, 6) is 3.31. The van der Waals surface area contributed by atoms with E-state index in [4.69, 9.17) is 9.47 Å². The van der Waals surface area contributed by atoms with Crippen molar-refractivity contribution in [2.45, 2.75) is 26.6 Å². The average molecular weight is 233 g/mol. The lowest BCUT2D eigenvalue weighted by Crippen LogP contribution is -2.43. The SMILES string of the molecule is CCOC(CCSCC1CNC1)OCC. The van der Waals surface area contributed by atoms with Crippen molar-refractivity contribution in [1.82, 2.24) is 5.32 Å². The normalized spacial score (nSPS) is 17.0. The third-order valence-corrected chi connectivity index (χ3v) is 3.65. The highest BCUT2D eigenvalue weighted by Crippen LogP contribution is 2.15. The number of hydrogen-bond donors (Lipinski definition) is 1. The Bertz CT molecular complexity index is 148. The largest absolute Gasteiger partial charge is 0.353 e. The minimum absolute atomic E-state index is 0.00650. The Labute approximate surface area is 97.3 Å². The van der Waals surface area contributed by atoms with Gasteiger partial charge in [0.25, 0.3) is 0 Å². The van der Waals surface area contributed by atoms with Crippen LogP contribution in [0.5, 0.6) is 0 Å². The van der Waals surface area contributed by atoms with Crippen molar-refractivity contribution in [3.8, 4) is 0 Å². The first-order valence-electron chi connectivity index (χ1n) is 5.88. The summed E-state index contributed by atoms with van der Waals surface area (Å²) in [6, 6.07) is 0. The minimum Gasteiger partial charge on any atom is -0.353 e. The smallest absolute Gasteiger partial charge is 0.158 e. The Kier molecular flexibility index (Phi) is 7.44. The molecule has 0 unspecified atom stereocenters. The van der Waals surface area contributed by atoms with Crippen LogP contribution >= 0.6 is 11.8 Å². The predicted molar refractivity (Wildman–Crippen MR) is 65.3 cm³/mol. The number of rotatable bonds is 9. The second-order valence-corrected chi connectivity index (χ2v) is 4.88. The van der Waals surface area contributed by atoms with Crippen molar-refractivity contribution in [3.05, 3.63) is 0 Å². The molecule has 1 heterocycles. The second-order valence-electron chi connectivity index (χ2n) is 3.73. The van der Waals surface area contributed by atoms with Crippen LogP contribution in [0.4, 0.5) is 0 Å². The van der Waals surface area contributed by atoms with Gasteiger partial charge < -0.3 is 14.8 Å². The molecule has 0 spiro atoms. The van der Waals surface area contributed by atoms with Crippen molar-refractivity contribution in [3.63, 3.8) is 0 Å². The molecule has 3 nitrogen and oxygen atoms in total. The summed E-state index contributed by atoms with van der Waals surface area (Å²) in [4.78, 5) is 0. The predicted octanol–water partition coefficient (Wildman–Crippen LogP) is 1.73. The van der Waals surface area contributed by atoms with Crippen LogP contribution in [0.25, 0.3) is 0 Å². The molecule has 0 radical (unpaired) electrons. The number of ether oxygens (including phenoxy) is 2. The first-order valence-corrected chi connectivity index (χ1v) is 7.04. The van der Waals surface area contributed by atoms with Crippen molar-refractivity contribution >= 4 is 11.8 Å². The quantitative estimate of drug-likeness (QED) is 0.485. The van der Waals surface area contributed by atoms with Crippen molar-refractivity contribution in [2.75, 3.05) is 37.8 Å². The van der Waals surface area contributed by atoms with Gasteiger partial charge in [-0.15, -0.1) is 0 Å². The third kappa shape index (κ3) is 5.76. The van der Waals surface area contributed by atoms with Crippen molar-refractivity contribution < 1.29 is 9.47 Å². The van der Waals surface area contributed by atoms with E-state index in [1.807, 2.05) is 25.6 Å². The molecule has 0 aromatic carbocycles. The zero-order chi connectivity index (χ0) is 10.9. The number of nitrogens with one attached hydrogen (secondary N) is 1. The molecule has 0 aromatic rings. The highest BCUT2D eigenvalue weighted by Gasteiger charge is 2.16. The molecule has 1 aliphatic rings. The fourth-order valence-electron chi connectivity index (χ4n) is 1.48. The Morgan fingerprint density at radius 1 is 1.27 bits per heavy atom. The summed E-state index contributed by atoms with van der Waals surface area (Å²) in [7, 11) is 0. The van der Waals surface area contributed by atoms with Crippen LogP contribution in [-0.2, 0) is 9.47 Å². The van der Waals surface area contributed by atoms with Gasteiger partial charge in [0.1, 0.15) is 0 Å². The van der Waals surface area contributed by atoms with E-state index in [0.29, 0.717) is 0 Å². The van der Waals surface area contributed by atoms with Gasteiger partial charge in [-0.05, 0) is 44.4 Å². The highest BCUT2D eigenvalue weighted by molar-refractivity contribution is 7.99. The molecule has 1 fully saturated rings. The zero-order valence-electron chi connectivity index (χ0n) is 9.83. The Balaban J connectivity index is 1.94. The molecule has 1 rings (SSSR count). The van der Waals surface area contributed by atoms with Gasteiger partial charge >= 0.3 is 0 Å². The van der Waals surface area contributed by atoms with Crippen molar-refractivity contribution in [2.24, 2.45) is 5.92 Å². The van der Waals surface area contributed by atoms with Crippen LogP contribution in [0.3, 0.4) is 0 Å². The van der Waals surface area contributed by atoms with Crippen molar-refractivity contribution in [1.29, 1.82) is 0 Å². The molecule has 1 N–H and O–H groups in total. The van der Waals surface area contributed by atoms with Gasteiger partial charge in [-0.1, -0.05) is 0 Å². The standard InChI is InChI=1S/C11H23NO2S/c1-3-13-11(14-4-2)5-6-15-9-10-7-12-8-10/h10-12H,3-9H2,1-2H3. The molecular weight excluding hydrogens is 210 g/mol. The number of thioether (sulfide) groups is 1. The molecule has 0 atom stereocenters. The van der Waals surface area contributed by atoms with Crippen LogP contribution in [0.15, 0.2) is 0 Å². The third-order valence-electron chi connectivity index (χ3n) is 2.42. The van der Waals surface area contributed by atoms with Gasteiger partial charge in [-0.2, -0.15) is 11.8 Å². The Morgan fingerprint density at radius 3 is 2.40 bits per heavy atom. The summed E-state index contributed by atoms with van der Waals surface area (Å²) in [6.07, 6.45) is 1.01. The molecular formula is C11H23NO2S. The maximum absolute atomic E-state index is 5.48. The van der Waals surface area contributed by atoms with Gasteiger partial charge in [0.2, 0.25) is 0 Å². The number of hydrogen-bond acceptors (Lipinski definition) is 4. The van der Waals surface area contributed by atoms with E-state index in [1.165, 1.54) is 18.8 Å². The lowest BCUT2D eigenvalue weighted by molar-refractivity contribution is -0.136. The summed E-state index contributed by atoms with van der Waals surface area (Å²) < 4.78 is 11.0. The topological polar surface area (TPSA) is 30.5 Å². The van der Waals surface area contributed by atoms with Crippen LogP contribution in [0.2, 0.25) is 0 Å². The molecule has 0 aromatic heterocycles. The maximum Gasteiger partial charge on any atom is 0.158 e. The highest BCUT2D eigenvalue weighted by atomic mass is 32.2. The Morgan fingerprint density at radius 2 is 1.93 bits per heavy atom. The molecule has 4 heteroatoms. The molecule has 0 saturated carbocycles. The molecule has 0 aliphatic carbocycles. The van der Waals surface area contributed by atoms with E-state index >= 15 is 0 Å². The van der Waals surface area contributed by atoms with Gasteiger partial charge in [0.05, 0.1) is 0 Å². The van der Waals surface area contributed by atoms with Gasteiger partial charge in [0.15, 0.2) is 6.29 Å². The molecule has 15 heavy (non-hydrogen) atoms. The fourth-order valence-corrected chi connectivity index (χ4v) is 2.58. The Hall–Kier alpha value is 0.230. The summed E-state index contributed by atoms with van der Waals surface area (Å²) in [6.45, 7) is 7.91. The van der Waals surface area contributed by atoms with Gasteiger partial charge in [0, 0.05) is 19.6 Å². The van der Waals surface area contributed by atoms with Crippen LogP contribution in [0, 0.1) is 5.92 Å². The first-order chi connectivity index (χ1) is 7.36.